The summed E-state index contributed by atoms with van der Waals surface area (Å²) in [4.78, 5) is 82.3. The third kappa shape index (κ3) is 4.84. The van der Waals surface area contributed by atoms with Gasteiger partial charge < -0.3 is 20.7 Å². The van der Waals surface area contributed by atoms with Gasteiger partial charge in [0.15, 0.2) is 34.7 Å². The van der Waals surface area contributed by atoms with Crippen LogP contribution in [0, 0.1) is 23.7 Å². The molecule has 12 nitrogen and oxygen atoms in total. The van der Waals surface area contributed by atoms with Crippen molar-refractivity contribution in [1.29, 1.82) is 0 Å². The second-order valence-electron chi connectivity index (χ2n) is 11.8. The third-order valence-electron chi connectivity index (χ3n) is 9.09. The van der Waals surface area contributed by atoms with Gasteiger partial charge in [0.2, 0.25) is 5.91 Å². The van der Waals surface area contributed by atoms with Crippen LogP contribution in [0.25, 0.3) is 0 Å². The van der Waals surface area contributed by atoms with Crippen LogP contribution < -0.4 is 11.1 Å². The van der Waals surface area contributed by atoms with E-state index in [1.807, 2.05) is 5.32 Å². The number of fused-ring (bicyclic) bond motifs is 3. The average Bonchev–Trinajstić information content (AvgIpc) is 2.94. The number of nitrogens with two attached hydrogens (primary N) is 1. The van der Waals surface area contributed by atoms with E-state index in [-0.39, 0.29) is 16.1 Å². The van der Waals surface area contributed by atoms with Crippen molar-refractivity contribution in [3.05, 3.63) is 58.1 Å². The van der Waals surface area contributed by atoms with Crippen LogP contribution in [0.5, 0.6) is 5.75 Å². The number of nitrogens with zero attached hydrogens (tertiary/aromatic N) is 1. The molecule has 244 valence electrons. The van der Waals surface area contributed by atoms with E-state index in [1.165, 1.54) is 39.2 Å². The number of hydrogen-bond acceptors (Lipinski definition) is 10. The van der Waals surface area contributed by atoms with Crippen LogP contribution in [0.1, 0.15) is 34.3 Å². The molecule has 2 aromatic rings. The van der Waals surface area contributed by atoms with Gasteiger partial charge in [0, 0.05) is 10.9 Å². The normalized spacial score (nSPS) is 30.8. The summed E-state index contributed by atoms with van der Waals surface area (Å²) in [5, 5.41) is 24.2. The third-order valence-corrected chi connectivity index (χ3v) is 9.33. The van der Waals surface area contributed by atoms with Gasteiger partial charge in [0.25, 0.3) is 0 Å². The highest BCUT2D eigenvalue weighted by Gasteiger charge is 2.74. The van der Waals surface area contributed by atoms with Crippen LogP contribution in [0.3, 0.4) is 0 Å². The zero-order valence-corrected chi connectivity index (χ0v) is 25.1. The lowest BCUT2D eigenvalue weighted by Crippen LogP contribution is -2.78. The van der Waals surface area contributed by atoms with Crippen LogP contribution in [0.15, 0.2) is 36.4 Å². The number of hydrogen-bond donors (Lipinski definition) is 4. The molecule has 0 spiro atoms. The van der Waals surface area contributed by atoms with E-state index in [9.17, 15) is 52.2 Å². The number of aliphatic hydroxyl groups is 1. The van der Waals surface area contributed by atoms with Gasteiger partial charge in [-0.15, -0.1) is 0 Å². The molecule has 0 saturated heterocycles. The molecule has 3 aliphatic rings. The Balaban J connectivity index is 1.70. The number of rotatable bonds is 4. The molecule has 0 aliphatic heterocycles. The first-order valence-electron chi connectivity index (χ1n) is 13.8. The minimum absolute atomic E-state index is 0.209. The Morgan fingerprint density at radius 1 is 1.09 bits per heavy atom. The number of aromatic hydroxyl groups is 1. The molecule has 46 heavy (non-hydrogen) atoms. The van der Waals surface area contributed by atoms with Crippen LogP contribution in [0.2, 0.25) is 5.02 Å². The van der Waals surface area contributed by atoms with Crippen molar-refractivity contribution >= 4 is 52.4 Å². The number of carbonyl (C=O) groups is 6. The maximum atomic E-state index is 14.2. The number of ether oxygens (including phenoxy) is 1. The van der Waals surface area contributed by atoms with Gasteiger partial charge in [-0.1, -0.05) is 30.7 Å². The number of benzene rings is 2. The van der Waals surface area contributed by atoms with Crippen molar-refractivity contribution in [3.8, 4) is 5.75 Å². The van der Waals surface area contributed by atoms with Gasteiger partial charge in [-0.25, -0.2) is 4.79 Å². The van der Waals surface area contributed by atoms with Crippen LogP contribution in [-0.4, -0.2) is 82.1 Å². The highest BCUT2D eigenvalue weighted by atomic mass is 35.5. The number of anilines is 1. The number of phenolic OH excluding ortho intramolecular Hbond substituents is 1. The van der Waals surface area contributed by atoms with E-state index < -0.39 is 106 Å². The average molecular weight is 666 g/mol. The number of ketones is 4. The molecule has 2 saturated carbocycles. The Kier molecular flexibility index (Phi) is 8.02. The molecule has 0 heterocycles. The van der Waals surface area contributed by atoms with Crippen molar-refractivity contribution < 1.29 is 56.9 Å². The van der Waals surface area contributed by atoms with Crippen molar-refractivity contribution in [2.75, 3.05) is 19.4 Å². The van der Waals surface area contributed by atoms with Crippen molar-refractivity contribution in [1.82, 2.24) is 4.90 Å². The van der Waals surface area contributed by atoms with Gasteiger partial charge in [0.05, 0.1) is 34.7 Å². The standard InChI is InChI=1S/C30H27ClF3N3O9/c1-10-12-5-4-6-15(38)17(12)22(39)18-16(10)24(46-28(44)36-14-8-7-11(31)9-13(14)30(32,33)34)20-21(37(2)3)23(40)19(27(35)43)26(42)29(20,45)25(18)41/h4-10,16,18-21,24,38,45H,1-3H3,(H2,35,43)(H,36,44)/t10-,16+,18?,19?,20+,21-,24-,29-/m1/s1. The first kappa shape index (κ1) is 33.0. The number of carbonyl (C=O) groups excluding carboxylic acids is 6. The van der Waals surface area contributed by atoms with E-state index in [1.54, 1.807) is 0 Å². The summed E-state index contributed by atoms with van der Waals surface area (Å²) in [6.07, 6.45) is -8.41. The number of nitrogens with one attached hydrogen (secondary N) is 1. The SMILES string of the molecule is C[C@@H]1c2cccc(O)c2C(=O)C2C(=O)[C@@]3(O)C(=O)C(C(N)=O)C(=O)[C@H](N(C)C)[C@H]3[C@H](OC(=O)Nc3ccc(Cl)cc3C(F)(F)F)[C@H]21. The molecule has 16 heteroatoms. The first-order chi connectivity index (χ1) is 21.3. The van der Waals surface area contributed by atoms with E-state index in [0.717, 1.165) is 17.0 Å². The van der Waals surface area contributed by atoms with Crippen molar-refractivity contribution in [3.63, 3.8) is 0 Å². The van der Waals surface area contributed by atoms with Gasteiger partial charge in [-0.2, -0.15) is 13.2 Å². The van der Waals surface area contributed by atoms with Crippen molar-refractivity contribution in [2.45, 2.75) is 36.8 Å². The van der Waals surface area contributed by atoms with Gasteiger partial charge in [-0.05, 0) is 49.8 Å². The maximum absolute atomic E-state index is 14.2. The molecule has 2 fully saturated rings. The number of amides is 2. The number of halogens is 4. The quantitative estimate of drug-likeness (QED) is 0.352. The molecule has 0 bridgehead atoms. The van der Waals surface area contributed by atoms with Gasteiger partial charge in [0.1, 0.15) is 11.9 Å². The minimum Gasteiger partial charge on any atom is -0.507 e. The summed E-state index contributed by atoms with van der Waals surface area (Å²) in [7, 11) is 2.63. The largest absolute Gasteiger partial charge is 0.507 e. The Hall–Kier alpha value is -4.34. The Morgan fingerprint density at radius 2 is 1.74 bits per heavy atom. The molecule has 8 atom stereocenters. The summed E-state index contributed by atoms with van der Waals surface area (Å²) < 4.78 is 47.0. The molecule has 2 amide bonds. The number of alkyl halides is 3. The topological polar surface area (TPSA) is 193 Å². The van der Waals surface area contributed by atoms with Crippen LogP contribution in [0.4, 0.5) is 23.7 Å². The molecule has 5 rings (SSSR count). The summed E-state index contributed by atoms with van der Waals surface area (Å²) in [5.41, 5.74) is -0.160. The molecular formula is C30H27ClF3N3O9. The number of phenols is 1. The van der Waals surface area contributed by atoms with Crippen LogP contribution in [-0.2, 0) is 30.1 Å². The number of likely N-dealkylation sites (N-methyl/N-ethyl adjacent to an activating group) is 1. The Labute approximate surface area is 263 Å². The fourth-order valence-corrected chi connectivity index (χ4v) is 7.36. The molecule has 3 aliphatic carbocycles. The van der Waals surface area contributed by atoms with E-state index in [4.69, 9.17) is 22.1 Å². The summed E-state index contributed by atoms with van der Waals surface area (Å²) in [6, 6.07) is 4.85. The lowest BCUT2D eigenvalue weighted by molar-refractivity contribution is -0.196. The minimum atomic E-state index is -4.98. The Bertz CT molecular complexity index is 1710. The Morgan fingerprint density at radius 3 is 2.33 bits per heavy atom. The number of Topliss-reactive ketones (excluding diaryl/α,β-unsaturated/α-hetero) is 4. The summed E-state index contributed by atoms with van der Waals surface area (Å²) in [5.74, 6) is -15.7. The summed E-state index contributed by atoms with van der Waals surface area (Å²) in [6.45, 7) is 1.51. The highest BCUT2D eigenvalue weighted by Crippen LogP contribution is 2.55. The molecule has 0 aromatic heterocycles. The molecule has 2 aromatic carbocycles. The van der Waals surface area contributed by atoms with E-state index >= 15 is 0 Å². The zero-order chi connectivity index (χ0) is 34.2. The second kappa shape index (κ2) is 11.2. The maximum Gasteiger partial charge on any atom is 0.418 e. The lowest BCUT2D eigenvalue weighted by atomic mass is 9.49. The van der Waals surface area contributed by atoms with Gasteiger partial charge in [-0.3, -0.25) is 34.2 Å². The van der Waals surface area contributed by atoms with E-state index in [2.05, 4.69) is 0 Å². The summed E-state index contributed by atoms with van der Waals surface area (Å²) >= 11 is 5.73. The number of primary amides is 1. The predicted molar refractivity (Wildman–Crippen MR) is 152 cm³/mol. The van der Waals surface area contributed by atoms with E-state index in [0.29, 0.717) is 6.07 Å². The second-order valence-corrected chi connectivity index (χ2v) is 12.2. The predicted octanol–water partition coefficient (Wildman–Crippen LogP) is 2.33. The zero-order valence-electron chi connectivity index (χ0n) is 24.3. The fraction of sp³-hybridized carbons (Fsp3) is 0.400. The molecule has 0 radical (unpaired) electrons. The highest BCUT2D eigenvalue weighted by molar-refractivity contribution is 6.32. The van der Waals surface area contributed by atoms with Gasteiger partial charge >= 0.3 is 12.3 Å². The van der Waals surface area contributed by atoms with Crippen LogP contribution >= 0.6 is 11.6 Å². The molecule has 2 unspecified atom stereocenters. The monoisotopic (exact) mass is 665 g/mol. The smallest absolute Gasteiger partial charge is 0.418 e. The molecular weight excluding hydrogens is 639 g/mol. The first-order valence-corrected chi connectivity index (χ1v) is 14.2. The lowest BCUT2D eigenvalue weighted by Gasteiger charge is -2.56. The fourth-order valence-electron chi connectivity index (χ4n) is 7.19. The van der Waals surface area contributed by atoms with Crippen molar-refractivity contribution in [2.24, 2.45) is 29.4 Å². The molecule has 5 N–H and O–H groups in total.